The van der Waals surface area contributed by atoms with Gasteiger partial charge >= 0.3 is 0 Å². The highest BCUT2D eigenvalue weighted by molar-refractivity contribution is 5.79. The number of methoxy groups -OCH3 is 1. The van der Waals surface area contributed by atoms with Crippen molar-refractivity contribution < 1.29 is 9.47 Å². The maximum atomic E-state index is 5.66. The molecule has 1 fully saturated rings. The fraction of sp³-hybridized carbons (Fsp3) is 0.909. The molecule has 6 nitrogen and oxygen atoms in total. The monoisotopic (exact) mass is 244 g/mol. The molecule has 1 aliphatic heterocycles. The summed E-state index contributed by atoms with van der Waals surface area (Å²) in [7, 11) is 1.66. The van der Waals surface area contributed by atoms with E-state index in [1.54, 1.807) is 7.11 Å². The number of hydrazine groups is 1. The van der Waals surface area contributed by atoms with Crippen LogP contribution in [-0.2, 0) is 9.47 Å². The molecule has 4 N–H and O–H groups in total. The number of hydrogen-bond donors (Lipinski definition) is 3. The second kappa shape index (κ2) is 6.78. The SMILES string of the molecule is COCC(C)NC(=NCC1(C)CCCO1)NN. The molecule has 1 saturated heterocycles. The molecule has 6 heteroatoms. The summed E-state index contributed by atoms with van der Waals surface area (Å²) in [6.07, 6.45) is 2.15. The number of nitrogens with two attached hydrogens (primary N) is 1. The van der Waals surface area contributed by atoms with Gasteiger partial charge in [-0.15, -0.1) is 0 Å². The van der Waals surface area contributed by atoms with Crippen LogP contribution in [0.3, 0.4) is 0 Å². The Morgan fingerprint density at radius 1 is 1.65 bits per heavy atom. The summed E-state index contributed by atoms with van der Waals surface area (Å²) in [6.45, 7) is 6.12. The van der Waals surface area contributed by atoms with E-state index in [9.17, 15) is 0 Å². The third-order valence-electron chi connectivity index (χ3n) is 2.81. The number of hydrogen-bond acceptors (Lipinski definition) is 4. The highest BCUT2D eigenvalue weighted by Gasteiger charge is 2.29. The summed E-state index contributed by atoms with van der Waals surface area (Å²) >= 11 is 0. The first-order chi connectivity index (χ1) is 8.09. The predicted molar refractivity (Wildman–Crippen MR) is 67.7 cm³/mol. The van der Waals surface area contributed by atoms with Gasteiger partial charge in [-0.05, 0) is 26.7 Å². The minimum atomic E-state index is -0.145. The van der Waals surface area contributed by atoms with E-state index in [0.717, 1.165) is 19.4 Å². The first kappa shape index (κ1) is 14.2. The Kier molecular flexibility index (Phi) is 5.67. The third kappa shape index (κ3) is 4.89. The summed E-state index contributed by atoms with van der Waals surface area (Å²) in [4.78, 5) is 4.41. The van der Waals surface area contributed by atoms with Crippen molar-refractivity contribution in [1.82, 2.24) is 10.7 Å². The van der Waals surface area contributed by atoms with Crippen molar-refractivity contribution in [1.29, 1.82) is 0 Å². The van der Waals surface area contributed by atoms with Crippen molar-refractivity contribution in [2.45, 2.75) is 38.3 Å². The molecule has 0 amide bonds. The Hall–Kier alpha value is -0.850. The fourth-order valence-corrected chi connectivity index (χ4v) is 1.87. The minimum Gasteiger partial charge on any atom is -0.383 e. The van der Waals surface area contributed by atoms with Crippen LogP contribution < -0.4 is 16.6 Å². The van der Waals surface area contributed by atoms with Crippen molar-refractivity contribution in [3.63, 3.8) is 0 Å². The zero-order valence-electron chi connectivity index (χ0n) is 11.0. The van der Waals surface area contributed by atoms with Crippen LogP contribution in [0.15, 0.2) is 4.99 Å². The quantitative estimate of drug-likeness (QED) is 0.274. The van der Waals surface area contributed by atoms with Crippen molar-refractivity contribution in [3.05, 3.63) is 0 Å². The molecule has 1 aliphatic rings. The van der Waals surface area contributed by atoms with Crippen molar-refractivity contribution in [2.75, 3.05) is 26.9 Å². The second-order valence-corrected chi connectivity index (χ2v) is 4.71. The number of rotatable bonds is 5. The topological polar surface area (TPSA) is 80.9 Å². The van der Waals surface area contributed by atoms with Crippen LogP contribution in [0, 0.1) is 0 Å². The second-order valence-electron chi connectivity index (χ2n) is 4.71. The smallest absolute Gasteiger partial charge is 0.206 e. The molecule has 0 spiro atoms. The van der Waals surface area contributed by atoms with Gasteiger partial charge in [0.25, 0.3) is 0 Å². The van der Waals surface area contributed by atoms with Gasteiger partial charge in [0.05, 0.1) is 18.8 Å². The average molecular weight is 244 g/mol. The molecule has 1 heterocycles. The van der Waals surface area contributed by atoms with Crippen molar-refractivity contribution in [2.24, 2.45) is 10.8 Å². The highest BCUT2D eigenvalue weighted by Crippen LogP contribution is 2.24. The summed E-state index contributed by atoms with van der Waals surface area (Å²) in [5, 5.41) is 3.14. The van der Waals surface area contributed by atoms with Crippen LogP contribution in [0.2, 0.25) is 0 Å². The molecule has 0 aromatic carbocycles. The number of ether oxygens (including phenoxy) is 2. The van der Waals surface area contributed by atoms with E-state index >= 15 is 0 Å². The number of guanidine groups is 1. The molecule has 2 atom stereocenters. The van der Waals surface area contributed by atoms with Gasteiger partial charge in [0.1, 0.15) is 0 Å². The predicted octanol–water partition coefficient (Wildman–Crippen LogP) is -0.000700. The molecule has 2 unspecified atom stereocenters. The van der Waals surface area contributed by atoms with Gasteiger partial charge in [-0.3, -0.25) is 5.43 Å². The zero-order chi connectivity index (χ0) is 12.7. The van der Waals surface area contributed by atoms with E-state index in [-0.39, 0.29) is 11.6 Å². The molecule has 1 rings (SSSR count). The summed E-state index contributed by atoms with van der Waals surface area (Å²) in [6, 6.07) is 0.159. The lowest BCUT2D eigenvalue weighted by molar-refractivity contribution is 0.0283. The van der Waals surface area contributed by atoms with Crippen LogP contribution in [-0.4, -0.2) is 44.5 Å². The van der Waals surface area contributed by atoms with E-state index < -0.39 is 0 Å². The first-order valence-corrected chi connectivity index (χ1v) is 6.00. The molecular formula is C11H24N4O2. The summed E-state index contributed by atoms with van der Waals surface area (Å²) < 4.78 is 10.7. The molecular weight excluding hydrogens is 220 g/mol. The molecule has 17 heavy (non-hydrogen) atoms. The molecule has 0 bridgehead atoms. The van der Waals surface area contributed by atoms with Crippen LogP contribution in [0.1, 0.15) is 26.7 Å². The lowest BCUT2D eigenvalue weighted by Crippen LogP contribution is -2.47. The van der Waals surface area contributed by atoms with Crippen LogP contribution in [0.25, 0.3) is 0 Å². The first-order valence-electron chi connectivity index (χ1n) is 6.00. The molecule has 0 radical (unpaired) electrons. The number of aliphatic imine (C=N–C) groups is 1. The van der Waals surface area contributed by atoms with Gasteiger partial charge in [0.2, 0.25) is 5.96 Å². The standard InChI is InChI=1S/C11H24N4O2/c1-9(7-16-3)14-10(15-12)13-8-11(2)5-4-6-17-11/h9H,4-8,12H2,1-3H3,(H2,13,14,15). The highest BCUT2D eigenvalue weighted by atomic mass is 16.5. The Balaban J connectivity index is 2.43. The van der Waals surface area contributed by atoms with Gasteiger partial charge in [-0.1, -0.05) is 0 Å². The lowest BCUT2D eigenvalue weighted by atomic mass is 10.0. The van der Waals surface area contributed by atoms with E-state index in [0.29, 0.717) is 19.1 Å². The maximum absolute atomic E-state index is 5.66. The van der Waals surface area contributed by atoms with E-state index in [1.807, 2.05) is 6.92 Å². The lowest BCUT2D eigenvalue weighted by Gasteiger charge is -2.22. The third-order valence-corrected chi connectivity index (χ3v) is 2.81. The molecule has 0 aliphatic carbocycles. The summed E-state index contributed by atoms with van der Waals surface area (Å²) in [5.41, 5.74) is 2.42. The fourth-order valence-electron chi connectivity index (χ4n) is 1.87. The minimum absolute atomic E-state index is 0.145. The van der Waals surface area contributed by atoms with Crippen LogP contribution >= 0.6 is 0 Å². The Bertz CT molecular complexity index is 252. The average Bonchev–Trinajstić information content (AvgIpc) is 2.72. The summed E-state index contributed by atoms with van der Waals surface area (Å²) in [5.74, 6) is 6.00. The Labute approximate surface area is 103 Å². The molecule has 0 aromatic rings. The van der Waals surface area contributed by atoms with Gasteiger partial charge in [0.15, 0.2) is 0 Å². The van der Waals surface area contributed by atoms with Crippen LogP contribution in [0.4, 0.5) is 0 Å². The van der Waals surface area contributed by atoms with Gasteiger partial charge in [-0.25, -0.2) is 10.8 Å². The van der Waals surface area contributed by atoms with Gasteiger partial charge in [-0.2, -0.15) is 0 Å². The van der Waals surface area contributed by atoms with Crippen LogP contribution in [0.5, 0.6) is 0 Å². The van der Waals surface area contributed by atoms with E-state index in [2.05, 4.69) is 22.7 Å². The maximum Gasteiger partial charge on any atom is 0.206 e. The Morgan fingerprint density at radius 2 is 2.41 bits per heavy atom. The zero-order valence-corrected chi connectivity index (χ0v) is 11.0. The van der Waals surface area contributed by atoms with Crippen molar-refractivity contribution >= 4 is 5.96 Å². The largest absolute Gasteiger partial charge is 0.383 e. The molecule has 0 aromatic heterocycles. The van der Waals surface area contributed by atoms with E-state index in [1.165, 1.54) is 0 Å². The number of nitrogens with zero attached hydrogens (tertiary/aromatic N) is 1. The van der Waals surface area contributed by atoms with Gasteiger partial charge < -0.3 is 14.8 Å². The number of nitrogens with one attached hydrogen (secondary N) is 2. The Morgan fingerprint density at radius 3 is 2.94 bits per heavy atom. The molecule has 100 valence electrons. The van der Waals surface area contributed by atoms with Crippen molar-refractivity contribution in [3.8, 4) is 0 Å². The van der Waals surface area contributed by atoms with Gasteiger partial charge in [0, 0.05) is 19.8 Å². The van der Waals surface area contributed by atoms with E-state index in [4.69, 9.17) is 15.3 Å². The molecule has 0 saturated carbocycles. The normalized spacial score (nSPS) is 26.9.